The lowest BCUT2D eigenvalue weighted by atomic mass is 9.92. The molecule has 0 spiro atoms. The number of benzene rings is 2. The van der Waals surface area contributed by atoms with Crippen molar-refractivity contribution in [2.24, 2.45) is 0 Å². The van der Waals surface area contributed by atoms with Gasteiger partial charge in [0.15, 0.2) is 6.04 Å². The lowest BCUT2D eigenvalue weighted by Crippen LogP contribution is -2.43. The number of carboxylic acids is 1. The van der Waals surface area contributed by atoms with Crippen molar-refractivity contribution in [3.8, 4) is 0 Å². The number of carboxylic acid groups (broad SMARTS) is 1. The fraction of sp³-hybridized carbons (Fsp3) is 0.176. The second kappa shape index (κ2) is 5.40. The van der Waals surface area contributed by atoms with Crippen molar-refractivity contribution in [3.05, 3.63) is 71.3 Å². The summed E-state index contributed by atoms with van der Waals surface area (Å²) in [6.45, 7) is 0.418. The lowest BCUT2D eigenvalue weighted by molar-refractivity contribution is -0.143. The Morgan fingerprint density at radius 3 is 2.38 bits per heavy atom. The molecular formula is C17H15NO3. The Hall–Kier alpha value is -2.62. The Bertz CT molecular complexity index is 681. The van der Waals surface area contributed by atoms with Crippen molar-refractivity contribution in [3.63, 3.8) is 0 Å². The number of aliphatic carboxylic acids is 1. The fourth-order valence-corrected chi connectivity index (χ4v) is 2.80. The van der Waals surface area contributed by atoms with E-state index in [1.807, 2.05) is 24.3 Å². The topological polar surface area (TPSA) is 57.6 Å². The zero-order valence-electron chi connectivity index (χ0n) is 11.4. The molecule has 1 N–H and O–H groups in total. The van der Waals surface area contributed by atoms with Gasteiger partial charge in [0, 0.05) is 12.1 Å². The quantitative estimate of drug-likeness (QED) is 0.920. The van der Waals surface area contributed by atoms with Crippen LogP contribution in [0.4, 0.5) is 0 Å². The SMILES string of the molecule is O=C(O)C1c2ccccc2CCN1C(=O)c1ccccc1. The van der Waals surface area contributed by atoms with E-state index in [2.05, 4.69) is 0 Å². The van der Waals surface area contributed by atoms with E-state index in [0.29, 0.717) is 24.1 Å². The van der Waals surface area contributed by atoms with Crippen LogP contribution in [-0.2, 0) is 11.2 Å². The van der Waals surface area contributed by atoms with Crippen LogP contribution in [0, 0.1) is 0 Å². The number of fused-ring (bicyclic) bond motifs is 1. The molecule has 2 aromatic carbocycles. The maximum absolute atomic E-state index is 12.6. The van der Waals surface area contributed by atoms with Crippen molar-refractivity contribution in [1.82, 2.24) is 4.90 Å². The molecular weight excluding hydrogens is 266 g/mol. The minimum Gasteiger partial charge on any atom is -0.479 e. The number of amides is 1. The maximum atomic E-state index is 12.6. The molecule has 0 saturated carbocycles. The van der Waals surface area contributed by atoms with Crippen molar-refractivity contribution < 1.29 is 14.7 Å². The van der Waals surface area contributed by atoms with Crippen molar-refractivity contribution in [1.29, 1.82) is 0 Å². The van der Waals surface area contributed by atoms with Crippen LogP contribution in [-0.4, -0.2) is 28.4 Å². The van der Waals surface area contributed by atoms with Crippen LogP contribution < -0.4 is 0 Å². The predicted molar refractivity (Wildman–Crippen MR) is 78.0 cm³/mol. The zero-order chi connectivity index (χ0) is 14.8. The zero-order valence-corrected chi connectivity index (χ0v) is 11.4. The lowest BCUT2D eigenvalue weighted by Gasteiger charge is -2.34. The van der Waals surface area contributed by atoms with Gasteiger partial charge in [0.2, 0.25) is 0 Å². The molecule has 1 aliphatic rings. The van der Waals surface area contributed by atoms with Crippen LogP contribution >= 0.6 is 0 Å². The summed E-state index contributed by atoms with van der Waals surface area (Å²) >= 11 is 0. The molecule has 2 aromatic rings. The monoisotopic (exact) mass is 281 g/mol. The van der Waals surface area contributed by atoms with Gasteiger partial charge in [-0.25, -0.2) is 4.79 Å². The first-order valence-corrected chi connectivity index (χ1v) is 6.85. The molecule has 1 unspecified atom stereocenters. The number of nitrogens with zero attached hydrogens (tertiary/aromatic N) is 1. The standard InChI is InChI=1S/C17H15NO3/c19-16(13-7-2-1-3-8-13)18-11-10-12-6-4-5-9-14(12)15(18)17(20)21/h1-9,15H,10-11H2,(H,20,21). The smallest absolute Gasteiger partial charge is 0.331 e. The van der Waals surface area contributed by atoms with Crippen LogP contribution in [0.5, 0.6) is 0 Å². The second-order valence-electron chi connectivity index (χ2n) is 5.05. The molecule has 0 bridgehead atoms. The highest BCUT2D eigenvalue weighted by molar-refractivity contribution is 5.97. The third-order valence-electron chi connectivity index (χ3n) is 3.80. The fourth-order valence-electron chi connectivity index (χ4n) is 2.80. The van der Waals surface area contributed by atoms with Crippen LogP contribution in [0.2, 0.25) is 0 Å². The Balaban J connectivity index is 2.00. The van der Waals surface area contributed by atoms with Crippen molar-refractivity contribution in [2.45, 2.75) is 12.5 Å². The van der Waals surface area contributed by atoms with Crippen LogP contribution in [0.25, 0.3) is 0 Å². The molecule has 1 amide bonds. The first-order valence-electron chi connectivity index (χ1n) is 6.85. The molecule has 0 aromatic heterocycles. The molecule has 106 valence electrons. The minimum atomic E-state index is -0.994. The minimum absolute atomic E-state index is 0.238. The molecule has 1 heterocycles. The molecule has 0 saturated heterocycles. The number of carbonyl (C=O) groups is 2. The Morgan fingerprint density at radius 1 is 1.00 bits per heavy atom. The third-order valence-corrected chi connectivity index (χ3v) is 3.80. The molecule has 1 atom stereocenters. The summed E-state index contributed by atoms with van der Waals surface area (Å²) in [6, 6.07) is 15.3. The van der Waals surface area contributed by atoms with E-state index >= 15 is 0 Å². The average Bonchev–Trinajstić information content (AvgIpc) is 2.53. The number of carbonyl (C=O) groups excluding carboxylic acids is 1. The highest BCUT2D eigenvalue weighted by Crippen LogP contribution is 2.31. The van der Waals surface area contributed by atoms with E-state index in [0.717, 1.165) is 5.56 Å². The summed E-state index contributed by atoms with van der Waals surface area (Å²) < 4.78 is 0. The summed E-state index contributed by atoms with van der Waals surface area (Å²) in [6.07, 6.45) is 0.679. The summed E-state index contributed by atoms with van der Waals surface area (Å²) in [5, 5.41) is 9.56. The molecule has 1 aliphatic heterocycles. The Kier molecular flexibility index (Phi) is 3.44. The molecule has 3 rings (SSSR count). The van der Waals surface area contributed by atoms with E-state index < -0.39 is 12.0 Å². The summed E-state index contributed by atoms with van der Waals surface area (Å²) in [4.78, 5) is 25.7. The molecule has 4 heteroatoms. The van der Waals surface area contributed by atoms with Crippen molar-refractivity contribution >= 4 is 11.9 Å². The number of hydrogen-bond acceptors (Lipinski definition) is 2. The molecule has 21 heavy (non-hydrogen) atoms. The predicted octanol–water partition coefficient (Wildman–Crippen LogP) is 2.51. The van der Waals surface area contributed by atoms with Gasteiger partial charge in [-0.2, -0.15) is 0 Å². The number of rotatable bonds is 2. The van der Waals surface area contributed by atoms with Crippen molar-refractivity contribution in [2.75, 3.05) is 6.54 Å². The second-order valence-corrected chi connectivity index (χ2v) is 5.05. The summed E-state index contributed by atoms with van der Waals surface area (Å²) in [7, 11) is 0. The largest absolute Gasteiger partial charge is 0.479 e. The number of hydrogen-bond donors (Lipinski definition) is 1. The van der Waals surface area contributed by atoms with E-state index in [1.54, 1.807) is 30.3 Å². The first kappa shape index (κ1) is 13.4. The Labute approximate surface area is 122 Å². The summed E-state index contributed by atoms with van der Waals surface area (Å²) in [5.74, 6) is -1.23. The van der Waals surface area contributed by atoms with Gasteiger partial charge in [-0.1, -0.05) is 42.5 Å². The van der Waals surface area contributed by atoms with Gasteiger partial charge in [0.1, 0.15) is 0 Å². The van der Waals surface area contributed by atoms with Gasteiger partial charge in [-0.3, -0.25) is 4.79 Å². The van der Waals surface area contributed by atoms with Gasteiger partial charge in [0.05, 0.1) is 0 Å². The maximum Gasteiger partial charge on any atom is 0.331 e. The first-order chi connectivity index (χ1) is 10.2. The highest BCUT2D eigenvalue weighted by atomic mass is 16.4. The summed E-state index contributed by atoms with van der Waals surface area (Å²) in [5.41, 5.74) is 2.23. The molecule has 4 nitrogen and oxygen atoms in total. The van der Waals surface area contributed by atoms with Gasteiger partial charge < -0.3 is 10.0 Å². The average molecular weight is 281 g/mol. The molecule has 0 radical (unpaired) electrons. The van der Waals surface area contributed by atoms with Gasteiger partial charge in [0.25, 0.3) is 5.91 Å². The van der Waals surface area contributed by atoms with E-state index in [4.69, 9.17) is 0 Å². The Morgan fingerprint density at radius 2 is 1.67 bits per heavy atom. The van der Waals surface area contributed by atoms with E-state index in [-0.39, 0.29) is 5.91 Å². The highest BCUT2D eigenvalue weighted by Gasteiger charge is 2.35. The van der Waals surface area contributed by atoms with E-state index in [1.165, 1.54) is 4.90 Å². The van der Waals surface area contributed by atoms with Gasteiger partial charge in [-0.05, 0) is 29.7 Å². The van der Waals surface area contributed by atoms with Gasteiger partial charge in [-0.15, -0.1) is 0 Å². The van der Waals surface area contributed by atoms with Crippen LogP contribution in [0.3, 0.4) is 0 Å². The normalized spacial score (nSPS) is 17.1. The van der Waals surface area contributed by atoms with Crippen LogP contribution in [0.1, 0.15) is 27.5 Å². The third kappa shape index (κ3) is 2.40. The van der Waals surface area contributed by atoms with E-state index in [9.17, 15) is 14.7 Å². The van der Waals surface area contributed by atoms with Gasteiger partial charge >= 0.3 is 5.97 Å². The molecule has 0 fully saturated rings. The molecule has 0 aliphatic carbocycles. The van der Waals surface area contributed by atoms with Crippen LogP contribution in [0.15, 0.2) is 54.6 Å².